The molecule has 0 radical (unpaired) electrons. The Morgan fingerprint density at radius 2 is 1.91 bits per heavy atom. The van der Waals surface area contributed by atoms with Crippen LogP contribution in [0.15, 0.2) is 53.1 Å². The molecule has 2 unspecified atom stereocenters. The zero-order valence-electron chi connectivity index (χ0n) is 19.5. The van der Waals surface area contributed by atoms with Gasteiger partial charge in [0.25, 0.3) is 0 Å². The van der Waals surface area contributed by atoms with Crippen LogP contribution in [0.2, 0.25) is 0 Å². The standard InChI is InChI=1S/C25H28N4O5/c1-16-27-22(34-28-16)14-15-26-25(31)20-12-13-23(30)29(17-8-10-18(32-2)11-9-17)24(20)19-6-4-5-7-21(19)33-3/h4-11,20,24H,12-15H2,1-3H3,(H,26,31). The zero-order chi connectivity index (χ0) is 24.1. The summed E-state index contributed by atoms with van der Waals surface area (Å²) in [6.07, 6.45) is 1.12. The zero-order valence-corrected chi connectivity index (χ0v) is 19.5. The van der Waals surface area contributed by atoms with Crippen molar-refractivity contribution in [2.24, 2.45) is 5.92 Å². The van der Waals surface area contributed by atoms with Gasteiger partial charge in [0.1, 0.15) is 11.5 Å². The van der Waals surface area contributed by atoms with E-state index in [0.29, 0.717) is 48.3 Å². The predicted octanol–water partition coefficient (Wildman–Crippen LogP) is 3.24. The number of aryl methyl sites for hydroxylation is 1. The van der Waals surface area contributed by atoms with E-state index in [0.717, 1.165) is 5.56 Å². The van der Waals surface area contributed by atoms with Gasteiger partial charge in [0.05, 0.1) is 26.2 Å². The Bertz CT molecular complexity index is 1140. The van der Waals surface area contributed by atoms with E-state index in [-0.39, 0.29) is 18.2 Å². The maximum Gasteiger partial charge on any atom is 0.228 e. The minimum absolute atomic E-state index is 0.0496. The number of methoxy groups -OCH3 is 2. The number of carbonyl (C=O) groups excluding carboxylic acids is 2. The van der Waals surface area contributed by atoms with Crippen molar-refractivity contribution >= 4 is 17.5 Å². The van der Waals surface area contributed by atoms with Gasteiger partial charge in [-0.2, -0.15) is 4.98 Å². The lowest BCUT2D eigenvalue weighted by atomic mass is 9.82. The molecule has 178 valence electrons. The van der Waals surface area contributed by atoms with Gasteiger partial charge in [-0.3, -0.25) is 9.59 Å². The highest BCUT2D eigenvalue weighted by Crippen LogP contribution is 2.43. The fourth-order valence-electron chi connectivity index (χ4n) is 4.35. The van der Waals surface area contributed by atoms with Crippen LogP contribution in [0, 0.1) is 12.8 Å². The molecule has 4 rings (SSSR count). The van der Waals surface area contributed by atoms with Crippen LogP contribution in [-0.4, -0.2) is 42.7 Å². The number of ether oxygens (including phenoxy) is 2. The van der Waals surface area contributed by atoms with Crippen molar-refractivity contribution < 1.29 is 23.6 Å². The SMILES string of the molecule is COc1ccc(N2C(=O)CCC(C(=O)NCCc3nc(C)no3)C2c2ccccc2OC)cc1. The molecular weight excluding hydrogens is 436 g/mol. The highest BCUT2D eigenvalue weighted by atomic mass is 16.5. The molecule has 2 atom stereocenters. The van der Waals surface area contributed by atoms with Gasteiger partial charge in [-0.1, -0.05) is 23.4 Å². The molecule has 9 nitrogen and oxygen atoms in total. The average Bonchev–Trinajstić information content (AvgIpc) is 3.28. The minimum atomic E-state index is -0.531. The molecule has 1 aliphatic heterocycles. The van der Waals surface area contributed by atoms with Gasteiger partial charge in [-0.15, -0.1) is 0 Å². The Hall–Kier alpha value is -3.88. The van der Waals surface area contributed by atoms with Gasteiger partial charge in [-0.25, -0.2) is 0 Å². The third kappa shape index (κ3) is 4.88. The molecule has 2 amide bonds. The molecule has 1 aromatic heterocycles. The van der Waals surface area contributed by atoms with Crippen molar-refractivity contribution in [3.05, 3.63) is 65.8 Å². The molecule has 1 aliphatic rings. The number of anilines is 1. The predicted molar refractivity (Wildman–Crippen MR) is 125 cm³/mol. The summed E-state index contributed by atoms with van der Waals surface area (Å²) in [5, 5.41) is 6.76. The van der Waals surface area contributed by atoms with Crippen LogP contribution in [-0.2, 0) is 16.0 Å². The average molecular weight is 465 g/mol. The van der Waals surface area contributed by atoms with Crippen LogP contribution >= 0.6 is 0 Å². The molecule has 0 aliphatic carbocycles. The van der Waals surface area contributed by atoms with E-state index in [4.69, 9.17) is 14.0 Å². The molecule has 1 N–H and O–H groups in total. The number of amides is 2. The van der Waals surface area contributed by atoms with Crippen LogP contribution in [0.3, 0.4) is 0 Å². The van der Waals surface area contributed by atoms with Crippen molar-refractivity contribution in [2.45, 2.75) is 32.2 Å². The fraction of sp³-hybridized carbons (Fsp3) is 0.360. The molecule has 3 aromatic rings. The minimum Gasteiger partial charge on any atom is -0.497 e. The summed E-state index contributed by atoms with van der Waals surface area (Å²) in [5.74, 6) is 1.67. The highest BCUT2D eigenvalue weighted by molar-refractivity contribution is 5.97. The molecule has 34 heavy (non-hydrogen) atoms. The number of benzene rings is 2. The maximum atomic E-state index is 13.4. The molecular formula is C25H28N4O5. The Kier molecular flexibility index (Phi) is 7.10. The quantitative estimate of drug-likeness (QED) is 0.545. The monoisotopic (exact) mass is 464 g/mol. The van der Waals surface area contributed by atoms with E-state index < -0.39 is 12.0 Å². The largest absolute Gasteiger partial charge is 0.497 e. The number of hydrogen-bond acceptors (Lipinski definition) is 7. The smallest absolute Gasteiger partial charge is 0.228 e. The molecule has 0 saturated carbocycles. The molecule has 2 aromatic carbocycles. The van der Waals surface area contributed by atoms with Crippen molar-refractivity contribution in [1.82, 2.24) is 15.5 Å². The molecule has 9 heteroatoms. The first-order valence-electron chi connectivity index (χ1n) is 11.2. The van der Waals surface area contributed by atoms with E-state index in [2.05, 4.69) is 15.5 Å². The summed E-state index contributed by atoms with van der Waals surface area (Å²) in [7, 11) is 3.18. The van der Waals surface area contributed by atoms with E-state index in [9.17, 15) is 9.59 Å². The number of carbonyl (C=O) groups is 2. The Morgan fingerprint density at radius 1 is 1.15 bits per heavy atom. The lowest BCUT2D eigenvalue weighted by Gasteiger charge is -2.41. The van der Waals surface area contributed by atoms with Gasteiger partial charge in [0.15, 0.2) is 5.82 Å². The van der Waals surface area contributed by atoms with Gasteiger partial charge in [0.2, 0.25) is 17.7 Å². The van der Waals surface area contributed by atoms with Gasteiger partial charge >= 0.3 is 0 Å². The third-order valence-corrected chi connectivity index (χ3v) is 5.95. The van der Waals surface area contributed by atoms with Crippen molar-refractivity contribution in [3.8, 4) is 11.5 Å². The van der Waals surface area contributed by atoms with Crippen molar-refractivity contribution in [3.63, 3.8) is 0 Å². The van der Waals surface area contributed by atoms with E-state index in [1.54, 1.807) is 38.2 Å². The highest BCUT2D eigenvalue weighted by Gasteiger charge is 2.42. The summed E-state index contributed by atoms with van der Waals surface area (Å²) in [6.45, 7) is 2.10. The number of hydrogen-bond donors (Lipinski definition) is 1. The van der Waals surface area contributed by atoms with Crippen LogP contribution < -0.4 is 19.7 Å². The van der Waals surface area contributed by atoms with Crippen molar-refractivity contribution in [1.29, 1.82) is 0 Å². The second-order valence-electron chi connectivity index (χ2n) is 8.07. The normalized spacial score (nSPS) is 18.0. The molecule has 1 saturated heterocycles. The lowest BCUT2D eigenvalue weighted by Crippen LogP contribution is -2.48. The second-order valence-corrected chi connectivity index (χ2v) is 8.07. The van der Waals surface area contributed by atoms with E-state index in [1.165, 1.54) is 0 Å². The first-order chi connectivity index (χ1) is 16.5. The summed E-state index contributed by atoms with van der Waals surface area (Å²) < 4.78 is 16.0. The van der Waals surface area contributed by atoms with Crippen LogP contribution in [0.5, 0.6) is 11.5 Å². The number of rotatable bonds is 8. The molecule has 0 bridgehead atoms. The number of nitrogens with one attached hydrogen (secondary N) is 1. The molecule has 0 spiro atoms. The van der Waals surface area contributed by atoms with Gasteiger partial charge in [0, 0.05) is 30.6 Å². The van der Waals surface area contributed by atoms with Crippen LogP contribution in [0.4, 0.5) is 5.69 Å². The first-order valence-corrected chi connectivity index (χ1v) is 11.2. The summed E-state index contributed by atoms with van der Waals surface area (Å²) in [5.41, 5.74) is 1.47. The summed E-state index contributed by atoms with van der Waals surface area (Å²) in [4.78, 5) is 32.5. The topological polar surface area (TPSA) is 107 Å². The molecule has 1 fully saturated rings. The van der Waals surface area contributed by atoms with E-state index in [1.807, 2.05) is 36.4 Å². The third-order valence-electron chi connectivity index (χ3n) is 5.95. The van der Waals surface area contributed by atoms with Gasteiger partial charge < -0.3 is 24.2 Å². The van der Waals surface area contributed by atoms with Gasteiger partial charge in [-0.05, 0) is 43.7 Å². The number of aromatic nitrogens is 2. The first kappa shape index (κ1) is 23.3. The summed E-state index contributed by atoms with van der Waals surface area (Å²) >= 11 is 0. The van der Waals surface area contributed by atoms with Crippen molar-refractivity contribution in [2.75, 3.05) is 25.7 Å². The number of para-hydroxylation sites is 1. The fourth-order valence-corrected chi connectivity index (χ4v) is 4.35. The number of nitrogens with zero attached hydrogens (tertiary/aromatic N) is 3. The Morgan fingerprint density at radius 3 is 2.59 bits per heavy atom. The summed E-state index contributed by atoms with van der Waals surface area (Å²) in [6, 6.07) is 14.2. The molecule has 2 heterocycles. The lowest BCUT2D eigenvalue weighted by molar-refractivity contribution is -0.129. The Balaban J connectivity index is 1.64. The van der Waals surface area contributed by atoms with Crippen LogP contribution in [0.1, 0.15) is 36.2 Å². The van der Waals surface area contributed by atoms with Crippen LogP contribution in [0.25, 0.3) is 0 Å². The number of piperidine rings is 1. The Labute approximate surface area is 198 Å². The second kappa shape index (κ2) is 10.4. The maximum absolute atomic E-state index is 13.4. The van der Waals surface area contributed by atoms with E-state index >= 15 is 0 Å².